The van der Waals surface area contributed by atoms with Gasteiger partial charge in [-0.15, -0.1) is 0 Å². The fraction of sp³-hybridized carbons (Fsp3) is 0. The zero-order valence-electron chi connectivity index (χ0n) is 24.8. The number of primary amides is 1. The molecule has 0 saturated heterocycles. The Bertz CT molecular complexity index is 2920. The smallest absolute Gasteiger partial charge is 0.336 e. The third kappa shape index (κ3) is 3.62. The molecule has 0 fully saturated rings. The highest BCUT2D eigenvalue weighted by Crippen LogP contribution is 2.33. The SMILES string of the molecule is NC(=O)c1ccc2c(=O)n3c4ccccc4nc3c3cccc1c23.O=C(O)c1ccc2c(=O)n3c4ccccc4nc3c3cccc1c23. The zero-order chi connectivity index (χ0) is 32.8. The number of carboxylic acids is 1. The first-order chi connectivity index (χ1) is 23.3. The average molecular weight is 628 g/mol. The molecular weight excluding hydrogens is 606 g/mol. The maximum atomic E-state index is 13.1. The molecule has 0 atom stereocenters. The molecule has 0 saturated carbocycles. The second-order valence-corrected chi connectivity index (χ2v) is 11.6. The number of hydrogen-bond acceptors (Lipinski definition) is 6. The van der Waals surface area contributed by atoms with Gasteiger partial charge in [0, 0.05) is 37.9 Å². The minimum atomic E-state index is -1.01. The van der Waals surface area contributed by atoms with Gasteiger partial charge in [-0.3, -0.25) is 23.2 Å². The summed E-state index contributed by atoms with van der Waals surface area (Å²) in [6.45, 7) is 0. The van der Waals surface area contributed by atoms with E-state index in [0.29, 0.717) is 43.8 Å². The Morgan fingerprint density at radius 1 is 0.521 bits per heavy atom. The lowest BCUT2D eigenvalue weighted by molar-refractivity contribution is 0.0698. The largest absolute Gasteiger partial charge is 0.478 e. The number of carbonyl (C=O) groups is 2. The maximum absolute atomic E-state index is 13.1. The van der Waals surface area contributed by atoms with Gasteiger partial charge >= 0.3 is 5.97 Å². The van der Waals surface area contributed by atoms with Gasteiger partial charge in [-0.25, -0.2) is 14.8 Å². The van der Waals surface area contributed by atoms with Gasteiger partial charge in [-0.1, -0.05) is 60.7 Å². The van der Waals surface area contributed by atoms with Crippen molar-refractivity contribution in [3.63, 3.8) is 0 Å². The summed E-state index contributed by atoms with van der Waals surface area (Å²) in [5.74, 6) is -1.52. The number of aromatic nitrogens is 4. The van der Waals surface area contributed by atoms with E-state index in [1.165, 1.54) is 6.07 Å². The molecule has 6 aromatic carbocycles. The highest BCUT2D eigenvalue weighted by Gasteiger charge is 2.20. The Kier molecular flexibility index (Phi) is 5.58. The van der Waals surface area contributed by atoms with Crippen LogP contribution in [0.4, 0.5) is 0 Å². The van der Waals surface area contributed by atoms with Crippen molar-refractivity contribution in [3.8, 4) is 0 Å². The van der Waals surface area contributed by atoms with Gasteiger partial charge in [0.25, 0.3) is 11.1 Å². The van der Waals surface area contributed by atoms with E-state index in [1.54, 1.807) is 39.1 Å². The molecule has 10 heteroatoms. The van der Waals surface area contributed by atoms with Crippen LogP contribution in [0, 0.1) is 0 Å². The Balaban J connectivity index is 0.000000131. The molecule has 10 nitrogen and oxygen atoms in total. The summed E-state index contributed by atoms with van der Waals surface area (Å²) >= 11 is 0. The van der Waals surface area contributed by atoms with Gasteiger partial charge in [-0.2, -0.15) is 0 Å². The first kappa shape index (κ1) is 27.4. The molecule has 0 bridgehead atoms. The summed E-state index contributed by atoms with van der Waals surface area (Å²) in [7, 11) is 0. The molecule has 48 heavy (non-hydrogen) atoms. The van der Waals surface area contributed by atoms with Crippen LogP contribution in [-0.2, 0) is 0 Å². The number of para-hydroxylation sites is 4. The molecule has 0 aliphatic heterocycles. The van der Waals surface area contributed by atoms with E-state index in [2.05, 4.69) is 9.97 Å². The number of carboxylic acid groups (broad SMARTS) is 1. The van der Waals surface area contributed by atoms with Crippen molar-refractivity contribution in [2.45, 2.75) is 0 Å². The number of fused-ring (bicyclic) bond motifs is 8. The van der Waals surface area contributed by atoms with Crippen molar-refractivity contribution in [1.82, 2.24) is 18.8 Å². The highest BCUT2D eigenvalue weighted by atomic mass is 16.4. The minimum Gasteiger partial charge on any atom is -0.478 e. The number of rotatable bonds is 2. The molecule has 10 aromatic rings. The summed E-state index contributed by atoms with van der Waals surface area (Å²) in [5.41, 5.74) is 9.95. The van der Waals surface area contributed by atoms with Crippen LogP contribution >= 0.6 is 0 Å². The van der Waals surface area contributed by atoms with E-state index in [0.717, 1.165) is 38.2 Å². The van der Waals surface area contributed by atoms with E-state index in [1.807, 2.05) is 72.8 Å². The molecular formula is C38H21N5O5. The quantitative estimate of drug-likeness (QED) is 0.239. The Labute approximate surface area is 268 Å². The third-order valence-corrected chi connectivity index (χ3v) is 9.05. The van der Waals surface area contributed by atoms with Crippen molar-refractivity contribution in [3.05, 3.63) is 141 Å². The molecule has 10 rings (SSSR count). The monoisotopic (exact) mass is 627 g/mol. The Morgan fingerprint density at radius 3 is 1.44 bits per heavy atom. The van der Waals surface area contributed by atoms with Gasteiger partial charge in [0.05, 0.1) is 27.6 Å². The van der Waals surface area contributed by atoms with Crippen molar-refractivity contribution in [1.29, 1.82) is 0 Å². The Morgan fingerprint density at radius 2 is 0.958 bits per heavy atom. The number of pyridine rings is 2. The van der Waals surface area contributed by atoms with Gasteiger partial charge in [0.2, 0.25) is 5.91 Å². The Hall–Kier alpha value is -6.94. The number of hydrogen-bond donors (Lipinski definition) is 2. The van der Waals surface area contributed by atoms with Gasteiger partial charge in [0.1, 0.15) is 11.3 Å². The van der Waals surface area contributed by atoms with E-state index in [-0.39, 0.29) is 16.7 Å². The van der Waals surface area contributed by atoms with Crippen LogP contribution in [0.2, 0.25) is 0 Å². The van der Waals surface area contributed by atoms with Gasteiger partial charge in [0.15, 0.2) is 0 Å². The predicted molar refractivity (Wildman–Crippen MR) is 186 cm³/mol. The molecule has 0 radical (unpaired) electrons. The summed E-state index contributed by atoms with van der Waals surface area (Å²) < 4.78 is 3.24. The molecule has 228 valence electrons. The van der Waals surface area contributed by atoms with Crippen LogP contribution < -0.4 is 16.9 Å². The first-order valence-corrected chi connectivity index (χ1v) is 15.0. The van der Waals surface area contributed by atoms with Crippen molar-refractivity contribution in [2.75, 3.05) is 0 Å². The van der Waals surface area contributed by atoms with Crippen LogP contribution in [0.15, 0.2) is 119 Å². The first-order valence-electron chi connectivity index (χ1n) is 15.0. The molecule has 4 aromatic heterocycles. The van der Waals surface area contributed by atoms with Gasteiger partial charge < -0.3 is 10.8 Å². The number of carbonyl (C=O) groups excluding carboxylic acids is 1. The van der Waals surface area contributed by atoms with Crippen molar-refractivity contribution < 1.29 is 14.7 Å². The fourth-order valence-electron chi connectivity index (χ4n) is 7.01. The molecule has 4 heterocycles. The van der Waals surface area contributed by atoms with Crippen LogP contribution in [-0.4, -0.2) is 35.8 Å². The molecule has 0 spiro atoms. The average Bonchev–Trinajstić information content (AvgIpc) is 3.69. The normalized spacial score (nSPS) is 11.8. The van der Waals surface area contributed by atoms with E-state index in [4.69, 9.17) is 5.73 Å². The number of imidazole rings is 2. The van der Waals surface area contributed by atoms with E-state index in [9.17, 15) is 24.3 Å². The second-order valence-electron chi connectivity index (χ2n) is 11.6. The fourth-order valence-corrected chi connectivity index (χ4v) is 7.01. The van der Waals surface area contributed by atoms with Crippen LogP contribution in [0.3, 0.4) is 0 Å². The molecule has 0 aliphatic carbocycles. The number of nitrogens with two attached hydrogens (primary N) is 1. The van der Waals surface area contributed by atoms with Crippen molar-refractivity contribution >= 4 is 88.3 Å². The second kappa shape index (κ2) is 9.78. The topological polar surface area (TPSA) is 149 Å². The number of aromatic carboxylic acids is 1. The lowest BCUT2D eigenvalue weighted by Gasteiger charge is -2.09. The molecule has 1 amide bonds. The predicted octanol–water partition coefficient (Wildman–Crippen LogP) is 5.98. The molecule has 3 N–H and O–H groups in total. The number of benzene rings is 6. The van der Waals surface area contributed by atoms with E-state index < -0.39 is 11.9 Å². The molecule has 0 aliphatic rings. The number of amides is 1. The summed E-state index contributed by atoms with van der Waals surface area (Å²) in [6, 6.07) is 32.4. The molecule has 0 unspecified atom stereocenters. The summed E-state index contributed by atoms with van der Waals surface area (Å²) in [6.07, 6.45) is 0. The van der Waals surface area contributed by atoms with Crippen LogP contribution in [0.25, 0.3) is 76.5 Å². The van der Waals surface area contributed by atoms with Crippen LogP contribution in [0.1, 0.15) is 20.7 Å². The standard InChI is InChI=1S/C19H11N3O2.C19H10N2O3/c20-17(23)11-8-9-13-16-10(11)4-3-5-12(16)18-21-14-6-1-2-7-15(14)22(18)19(13)24;22-18-13-9-8-11(19(23)24)10-4-3-5-12(16(10)13)17-20-14-6-1-2-7-15(14)21(17)18/h1-9H,(H2,20,23);1-9H,(H,23,24). The van der Waals surface area contributed by atoms with Crippen molar-refractivity contribution in [2.24, 2.45) is 5.73 Å². The maximum Gasteiger partial charge on any atom is 0.336 e. The van der Waals surface area contributed by atoms with E-state index >= 15 is 0 Å². The summed E-state index contributed by atoms with van der Waals surface area (Å²) in [5, 5.41) is 14.7. The summed E-state index contributed by atoms with van der Waals surface area (Å²) in [4.78, 5) is 58.5. The van der Waals surface area contributed by atoms with Gasteiger partial charge in [-0.05, 0) is 59.3 Å². The highest BCUT2D eigenvalue weighted by molar-refractivity contribution is 6.21. The number of nitrogens with zero attached hydrogens (tertiary/aromatic N) is 4. The lowest BCUT2D eigenvalue weighted by atomic mass is 9.98. The zero-order valence-corrected chi connectivity index (χ0v) is 24.8. The third-order valence-electron chi connectivity index (χ3n) is 9.05. The lowest BCUT2D eigenvalue weighted by Crippen LogP contribution is -2.15. The van der Waals surface area contributed by atoms with Crippen LogP contribution in [0.5, 0.6) is 0 Å². The minimum absolute atomic E-state index is 0.140.